The van der Waals surface area contributed by atoms with Crippen LogP contribution in [0.4, 0.5) is 0 Å². The van der Waals surface area contributed by atoms with Crippen LogP contribution in [0.25, 0.3) is 22.3 Å². The van der Waals surface area contributed by atoms with Gasteiger partial charge in [-0.3, -0.25) is 14.2 Å². The van der Waals surface area contributed by atoms with E-state index in [0.717, 1.165) is 10.9 Å². The molecule has 3 aliphatic rings. The van der Waals surface area contributed by atoms with E-state index in [2.05, 4.69) is 0 Å². The molecule has 1 aromatic carbocycles. The number of carbonyl (C=O) groups is 3. The summed E-state index contributed by atoms with van der Waals surface area (Å²) in [6.07, 6.45) is -0.179. The van der Waals surface area contributed by atoms with Crippen LogP contribution in [-0.4, -0.2) is 61.8 Å². The average Bonchev–Trinajstić information content (AvgIpc) is 3.17. The number of rotatable bonds is 8. The van der Waals surface area contributed by atoms with Crippen LogP contribution in [0.5, 0.6) is 0 Å². The van der Waals surface area contributed by atoms with E-state index >= 15 is 0 Å². The largest absolute Gasteiger partial charge is 0.456 e. The molecule has 196 valence electrons. The van der Waals surface area contributed by atoms with Crippen molar-refractivity contribution in [3.8, 4) is 11.3 Å². The van der Waals surface area contributed by atoms with E-state index in [1.165, 1.54) is 4.67 Å². The van der Waals surface area contributed by atoms with E-state index in [-0.39, 0.29) is 32.4 Å². The van der Waals surface area contributed by atoms with Gasteiger partial charge in [0, 0.05) is 36.4 Å². The standard InChI is InChI=1S/C26H31N3O7P/c1-6-34-37(33,28(5)14-13-25(32)36-29-23(30)11-12-24(29)31)26-19-9-7-17(2)15-21(19)35-22-16-18(27(3)4)8-10-20(22)26/h7-10,15-16H,6,11-14H2,1-5H3/q+1. The number of aryl methyl sites for hydroxylation is 1. The molecule has 1 aliphatic carbocycles. The van der Waals surface area contributed by atoms with Crippen molar-refractivity contribution in [1.82, 2.24) is 14.3 Å². The molecule has 37 heavy (non-hydrogen) atoms. The molecule has 10 nitrogen and oxygen atoms in total. The number of hydroxylamine groups is 2. The van der Waals surface area contributed by atoms with Crippen LogP contribution in [0.2, 0.25) is 0 Å². The summed E-state index contributed by atoms with van der Waals surface area (Å²) in [4.78, 5) is 40.9. The average molecular weight is 529 g/mol. The SMILES string of the molecule is CCOP(=O)(c1c2ccc(=[N+](C)C)cc-2oc2cc(C)ccc12)N(C)CCC(=O)ON1C(=O)CCC1=O. The van der Waals surface area contributed by atoms with Gasteiger partial charge in [0.15, 0.2) is 0 Å². The lowest BCUT2D eigenvalue weighted by molar-refractivity contribution is -0.197. The fourth-order valence-corrected chi connectivity index (χ4v) is 6.60. The Bertz CT molecular complexity index is 1460. The van der Waals surface area contributed by atoms with Crippen molar-refractivity contribution >= 4 is 41.6 Å². The maximum absolute atomic E-state index is 14.7. The molecule has 1 fully saturated rings. The third-order valence-electron chi connectivity index (χ3n) is 6.22. The van der Waals surface area contributed by atoms with Crippen LogP contribution in [0.1, 0.15) is 31.7 Å². The Morgan fingerprint density at radius 3 is 2.49 bits per heavy atom. The monoisotopic (exact) mass is 528 g/mol. The predicted molar refractivity (Wildman–Crippen MR) is 138 cm³/mol. The molecule has 0 radical (unpaired) electrons. The highest BCUT2D eigenvalue weighted by Crippen LogP contribution is 2.53. The molecule has 0 aromatic heterocycles. The fraction of sp³-hybridized carbons (Fsp3) is 0.385. The lowest BCUT2D eigenvalue weighted by Gasteiger charge is -2.30. The molecule has 1 unspecified atom stereocenters. The zero-order valence-electron chi connectivity index (χ0n) is 21.6. The van der Waals surface area contributed by atoms with Gasteiger partial charge >= 0.3 is 13.5 Å². The summed E-state index contributed by atoms with van der Waals surface area (Å²) < 4.78 is 30.3. The van der Waals surface area contributed by atoms with E-state index in [0.29, 0.717) is 32.7 Å². The second-order valence-electron chi connectivity index (χ2n) is 9.14. The van der Waals surface area contributed by atoms with Gasteiger partial charge in [-0.25, -0.2) is 14.0 Å². The lowest BCUT2D eigenvalue weighted by Crippen LogP contribution is -2.34. The van der Waals surface area contributed by atoms with Crippen LogP contribution in [0, 0.1) is 6.92 Å². The van der Waals surface area contributed by atoms with Crippen molar-refractivity contribution in [3.05, 3.63) is 47.3 Å². The third-order valence-corrected chi connectivity index (χ3v) is 8.98. The topological polar surface area (TPSA) is 109 Å². The number of amides is 2. The van der Waals surface area contributed by atoms with Gasteiger partial charge < -0.3 is 13.8 Å². The smallest absolute Gasteiger partial charge is 0.334 e. The van der Waals surface area contributed by atoms with Crippen molar-refractivity contribution < 1.29 is 32.7 Å². The molecule has 1 saturated heterocycles. The molecule has 11 heteroatoms. The Labute approximate surface area is 214 Å². The molecular formula is C26H31N3O7P+. The van der Waals surface area contributed by atoms with Crippen molar-refractivity contribution in [3.63, 3.8) is 0 Å². The summed E-state index contributed by atoms with van der Waals surface area (Å²) in [5.74, 6) is -1.32. The molecule has 0 saturated carbocycles. The number of benzene rings is 2. The molecule has 2 aliphatic heterocycles. The van der Waals surface area contributed by atoms with Crippen LogP contribution in [-0.2, 0) is 28.3 Å². The maximum Gasteiger partial charge on any atom is 0.334 e. The minimum absolute atomic E-state index is 0.00297. The molecule has 1 aromatic rings. The second-order valence-corrected chi connectivity index (χ2v) is 11.6. The van der Waals surface area contributed by atoms with Crippen LogP contribution in [0.3, 0.4) is 0 Å². The van der Waals surface area contributed by atoms with Crippen LogP contribution in [0.15, 0.2) is 40.8 Å². The normalized spacial score (nSPS) is 15.6. The Kier molecular flexibility index (Phi) is 7.64. The van der Waals surface area contributed by atoms with Gasteiger partial charge in [-0.15, -0.1) is 5.06 Å². The first-order valence-corrected chi connectivity index (χ1v) is 13.6. The highest BCUT2D eigenvalue weighted by atomic mass is 31.2. The number of fused-ring (bicyclic) bond motifs is 2. The van der Waals surface area contributed by atoms with Crippen molar-refractivity contribution in [2.45, 2.75) is 33.1 Å². The lowest BCUT2D eigenvalue weighted by atomic mass is 10.1. The zero-order valence-corrected chi connectivity index (χ0v) is 22.5. The third kappa shape index (κ3) is 5.23. The Hall–Kier alpha value is -3.33. The van der Waals surface area contributed by atoms with Gasteiger partial charge in [0.25, 0.3) is 11.8 Å². The first-order valence-electron chi connectivity index (χ1n) is 12.1. The number of hydrogen-bond donors (Lipinski definition) is 0. The van der Waals surface area contributed by atoms with Gasteiger partial charge in [-0.1, -0.05) is 12.1 Å². The summed E-state index contributed by atoms with van der Waals surface area (Å²) >= 11 is 0. The van der Waals surface area contributed by atoms with Crippen LogP contribution < -0.4 is 15.2 Å². The second kappa shape index (κ2) is 10.6. The Morgan fingerprint density at radius 2 is 1.84 bits per heavy atom. The maximum atomic E-state index is 14.7. The first kappa shape index (κ1) is 26.7. The number of imide groups is 1. The highest BCUT2D eigenvalue weighted by Gasteiger charge is 2.38. The molecule has 0 bridgehead atoms. The van der Waals surface area contributed by atoms with E-state index < -0.39 is 25.3 Å². The minimum atomic E-state index is -3.72. The summed E-state index contributed by atoms with van der Waals surface area (Å²) in [6.45, 7) is 3.87. The van der Waals surface area contributed by atoms with E-state index in [1.54, 1.807) is 14.0 Å². The van der Waals surface area contributed by atoms with E-state index in [4.69, 9.17) is 13.8 Å². The zero-order chi connectivity index (χ0) is 26.9. The summed E-state index contributed by atoms with van der Waals surface area (Å²) in [6, 6.07) is 11.3. The van der Waals surface area contributed by atoms with Gasteiger partial charge in [0.1, 0.15) is 25.4 Å². The van der Waals surface area contributed by atoms with Crippen molar-refractivity contribution in [2.24, 2.45) is 0 Å². The Morgan fingerprint density at radius 1 is 1.14 bits per heavy atom. The first-order chi connectivity index (χ1) is 17.5. The van der Waals surface area contributed by atoms with Gasteiger partial charge in [0.2, 0.25) is 5.36 Å². The van der Waals surface area contributed by atoms with Gasteiger partial charge in [0.05, 0.1) is 24.4 Å². The predicted octanol–water partition coefficient (Wildman–Crippen LogP) is 2.66. The summed E-state index contributed by atoms with van der Waals surface area (Å²) in [5.41, 5.74) is 2.19. The molecule has 4 rings (SSSR count). The molecule has 2 amide bonds. The molecule has 1 atom stereocenters. The minimum Gasteiger partial charge on any atom is -0.456 e. The van der Waals surface area contributed by atoms with Gasteiger partial charge in [-0.2, -0.15) is 0 Å². The summed E-state index contributed by atoms with van der Waals surface area (Å²) in [7, 11) is 1.74. The van der Waals surface area contributed by atoms with E-state index in [9.17, 15) is 18.9 Å². The quantitative estimate of drug-likeness (QED) is 0.190. The molecule has 2 heterocycles. The molecule has 0 spiro atoms. The van der Waals surface area contributed by atoms with Crippen molar-refractivity contribution in [1.29, 1.82) is 0 Å². The number of carbonyl (C=O) groups excluding carboxylic acids is 3. The van der Waals surface area contributed by atoms with E-state index in [1.807, 2.05) is 62.0 Å². The fourth-order valence-electron chi connectivity index (χ4n) is 4.25. The van der Waals surface area contributed by atoms with Gasteiger partial charge in [-0.05, 0) is 38.6 Å². The number of hydrogen-bond acceptors (Lipinski definition) is 7. The number of nitrogens with zero attached hydrogens (tertiary/aromatic N) is 3. The summed E-state index contributed by atoms with van der Waals surface area (Å²) in [5, 5.41) is 2.56. The highest BCUT2D eigenvalue weighted by molar-refractivity contribution is 7.65. The Balaban J connectivity index is 1.75. The molecule has 0 N–H and O–H groups in total. The molecular weight excluding hydrogens is 497 g/mol. The van der Waals surface area contributed by atoms with Crippen molar-refractivity contribution in [2.75, 3.05) is 34.3 Å². The van der Waals surface area contributed by atoms with Crippen LogP contribution >= 0.6 is 7.52 Å².